The first-order chi connectivity index (χ1) is 16.9. The highest BCUT2D eigenvalue weighted by Gasteiger charge is 2.42. The molecule has 0 unspecified atom stereocenters. The van der Waals surface area contributed by atoms with Gasteiger partial charge in [-0.25, -0.2) is 9.59 Å². The fourth-order valence-electron chi connectivity index (χ4n) is 3.84. The van der Waals surface area contributed by atoms with E-state index >= 15 is 0 Å². The van der Waals surface area contributed by atoms with Gasteiger partial charge in [0.2, 0.25) is 0 Å². The van der Waals surface area contributed by atoms with Crippen LogP contribution in [-0.2, 0) is 23.7 Å². The highest BCUT2D eigenvalue weighted by atomic mass is 16.8. The van der Waals surface area contributed by atoms with Gasteiger partial charge in [0.15, 0.2) is 5.79 Å². The normalized spacial score (nSPS) is 19.2. The molecule has 4 rings (SSSR count). The van der Waals surface area contributed by atoms with Crippen molar-refractivity contribution in [2.45, 2.75) is 31.8 Å². The summed E-state index contributed by atoms with van der Waals surface area (Å²) in [6.45, 7) is 3.47. The van der Waals surface area contributed by atoms with Crippen LogP contribution >= 0.6 is 0 Å². The quantitative estimate of drug-likeness (QED) is 0.257. The second-order valence-electron chi connectivity index (χ2n) is 8.61. The first kappa shape index (κ1) is 24.4. The smallest absolute Gasteiger partial charge is 0.338 e. The van der Waals surface area contributed by atoms with Gasteiger partial charge in [-0.05, 0) is 43.2 Å². The number of benzene rings is 3. The highest BCUT2D eigenvalue weighted by Crippen LogP contribution is 2.29. The van der Waals surface area contributed by atoms with Crippen LogP contribution < -0.4 is 0 Å². The van der Waals surface area contributed by atoms with Gasteiger partial charge in [-0.2, -0.15) is 0 Å². The molecule has 0 amide bonds. The lowest BCUT2D eigenvalue weighted by Gasteiger charge is -2.17. The van der Waals surface area contributed by atoms with Crippen LogP contribution in [0.3, 0.4) is 0 Å². The molecule has 2 atom stereocenters. The van der Waals surface area contributed by atoms with Crippen LogP contribution in [0.5, 0.6) is 0 Å². The largest absolute Gasteiger partial charge is 0.459 e. The van der Waals surface area contributed by atoms with E-state index in [2.05, 4.69) is 0 Å². The van der Waals surface area contributed by atoms with Crippen molar-refractivity contribution < 1.29 is 28.5 Å². The minimum absolute atomic E-state index is 0.0230. The van der Waals surface area contributed by atoms with Gasteiger partial charge in [-0.1, -0.05) is 78.9 Å². The number of hydrogen-bond donors (Lipinski definition) is 0. The van der Waals surface area contributed by atoms with E-state index in [4.69, 9.17) is 18.9 Å². The molecule has 35 heavy (non-hydrogen) atoms. The highest BCUT2D eigenvalue weighted by molar-refractivity contribution is 6.21. The van der Waals surface area contributed by atoms with Crippen LogP contribution in [0.25, 0.3) is 11.6 Å². The van der Waals surface area contributed by atoms with Crippen molar-refractivity contribution in [2.24, 2.45) is 0 Å². The Morgan fingerprint density at radius 2 is 1.23 bits per heavy atom. The number of ether oxygens (including phenoxy) is 4. The van der Waals surface area contributed by atoms with E-state index in [9.17, 15) is 9.59 Å². The average Bonchev–Trinajstić information content (AvgIpc) is 3.19. The molecule has 0 radical (unpaired) electrons. The van der Waals surface area contributed by atoms with Crippen molar-refractivity contribution in [2.75, 3.05) is 13.2 Å². The number of esters is 2. The van der Waals surface area contributed by atoms with Crippen LogP contribution in [0, 0.1) is 0 Å². The van der Waals surface area contributed by atoms with Crippen LogP contribution in [0.1, 0.15) is 35.3 Å². The Hall–Kier alpha value is -3.74. The van der Waals surface area contributed by atoms with E-state index in [1.807, 2.05) is 66.7 Å². The standard InChI is InChI=1S/C29H28O6/c1-29(2)34-25(19-32-27(30)23-16-10-5-11-17-23)26(35-29)20-33-28(31)24(22-14-8-4-9-15-22)18-21-12-6-3-7-13-21/h3-18,25-26H,19-20H2,1-2H3/b24-18+/t25-,26-/m0/s1. The maximum absolute atomic E-state index is 13.2. The number of hydrogen-bond acceptors (Lipinski definition) is 6. The molecule has 0 spiro atoms. The molecule has 1 saturated heterocycles. The summed E-state index contributed by atoms with van der Waals surface area (Å²) >= 11 is 0. The second kappa shape index (κ2) is 11.1. The number of rotatable bonds is 8. The summed E-state index contributed by atoms with van der Waals surface area (Å²) in [5.41, 5.74) is 2.52. The molecule has 6 nitrogen and oxygen atoms in total. The molecule has 1 aliphatic rings. The molecule has 1 heterocycles. The maximum Gasteiger partial charge on any atom is 0.338 e. The molecule has 3 aromatic rings. The Bertz CT molecular complexity index is 1160. The molecule has 0 aromatic heterocycles. The van der Waals surface area contributed by atoms with E-state index in [0.717, 1.165) is 11.1 Å². The van der Waals surface area contributed by atoms with E-state index < -0.39 is 29.9 Å². The molecule has 3 aromatic carbocycles. The van der Waals surface area contributed by atoms with Crippen molar-refractivity contribution in [1.29, 1.82) is 0 Å². The minimum atomic E-state index is -0.900. The zero-order valence-corrected chi connectivity index (χ0v) is 19.8. The fourth-order valence-corrected chi connectivity index (χ4v) is 3.84. The third kappa shape index (κ3) is 6.66. The molecule has 0 bridgehead atoms. The van der Waals surface area contributed by atoms with E-state index in [1.165, 1.54) is 0 Å². The summed E-state index contributed by atoms with van der Waals surface area (Å²) in [5, 5.41) is 0. The van der Waals surface area contributed by atoms with Crippen molar-refractivity contribution in [3.8, 4) is 0 Å². The maximum atomic E-state index is 13.2. The lowest BCUT2D eigenvalue weighted by atomic mass is 10.0. The lowest BCUT2D eigenvalue weighted by Crippen LogP contribution is -2.33. The first-order valence-corrected chi connectivity index (χ1v) is 11.5. The molecule has 180 valence electrons. The molecule has 0 N–H and O–H groups in total. The molecule has 0 aliphatic carbocycles. The third-order valence-corrected chi connectivity index (χ3v) is 5.47. The van der Waals surface area contributed by atoms with Crippen LogP contribution in [-0.4, -0.2) is 43.1 Å². The van der Waals surface area contributed by atoms with Crippen LogP contribution in [0.2, 0.25) is 0 Å². The number of carbonyl (C=O) groups excluding carboxylic acids is 2. The zero-order chi connectivity index (χ0) is 24.7. The molecule has 6 heteroatoms. The predicted molar refractivity (Wildman–Crippen MR) is 132 cm³/mol. The Morgan fingerprint density at radius 1 is 0.743 bits per heavy atom. The Morgan fingerprint density at radius 3 is 1.80 bits per heavy atom. The van der Waals surface area contributed by atoms with Gasteiger partial charge in [0.05, 0.1) is 11.1 Å². The van der Waals surface area contributed by atoms with Gasteiger partial charge in [0.25, 0.3) is 0 Å². The minimum Gasteiger partial charge on any atom is -0.459 e. The monoisotopic (exact) mass is 472 g/mol. The zero-order valence-electron chi connectivity index (χ0n) is 19.8. The lowest BCUT2D eigenvalue weighted by molar-refractivity contribution is -0.157. The molecule has 0 saturated carbocycles. The van der Waals surface area contributed by atoms with Gasteiger partial charge in [0, 0.05) is 0 Å². The molecular weight excluding hydrogens is 444 g/mol. The van der Waals surface area contributed by atoms with Crippen molar-refractivity contribution >= 4 is 23.6 Å². The summed E-state index contributed by atoms with van der Waals surface area (Å²) in [4.78, 5) is 25.5. The van der Waals surface area contributed by atoms with E-state index in [0.29, 0.717) is 11.1 Å². The predicted octanol–water partition coefficient (Wildman–Crippen LogP) is 5.15. The van der Waals surface area contributed by atoms with E-state index in [-0.39, 0.29) is 13.2 Å². The van der Waals surface area contributed by atoms with Gasteiger partial charge in [0.1, 0.15) is 25.4 Å². The summed E-state index contributed by atoms with van der Waals surface area (Å²) < 4.78 is 23.0. The van der Waals surface area contributed by atoms with Crippen molar-refractivity contribution in [3.05, 3.63) is 108 Å². The average molecular weight is 473 g/mol. The van der Waals surface area contributed by atoms with Crippen LogP contribution in [0.4, 0.5) is 0 Å². The fraction of sp³-hybridized carbons (Fsp3) is 0.241. The SMILES string of the molecule is CC1(C)O[C@@H](COC(=O)/C(=C/c2ccccc2)c2ccccc2)[C@H](COC(=O)c2ccccc2)O1. The molecule has 1 fully saturated rings. The van der Waals surface area contributed by atoms with Crippen molar-refractivity contribution in [3.63, 3.8) is 0 Å². The van der Waals surface area contributed by atoms with E-state index in [1.54, 1.807) is 44.2 Å². The molecular formula is C29H28O6. The Balaban J connectivity index is 1.44. The topological polar surface area (TPSA) is 71.1 Å². The van der Waals surface area contributed by atoms with Crippen LogP contribution in [0.15, 0.2) is 91.0 Å². The van der Waals surface area contributed by atoms with Gasteiger partial charge >= 0.3 is 11.9 Å². The van der Waals surface area contributed by atoms with Crippen molar-refractivity contribution in [1.82, 2.24) is 0 Å². The Labute approximate surface area is 205 Å². The summed E-state index contributed by atoms with van der Waals surface area (Å²) in [7, 11) is 0. The Kier molecular flexibility index (Phi) is 7.75. The summed E-state index contributed by atoms with van der Waals surface area (Å²) in [6, 6.07) is 27.7. The summed E-state index contributed by atoms with van der Waals surface area (Å²) in [6.07, 6.45) is 0.627. The van der Waals surface area contributed by atoms with Gasteiger partial charge in [-0.3, -0.25) is 0 Å². The first-order valence-electron chi connectivity index (χ1n) is 11.5. The summed E-state index contributed by atoms with van der Waals surface area (Å²) in [5.74, 6) is -1.83. The van der Waals surface area contributed by atoms with Gasteiger partial charge in [-0.15, -0.1) is 0 Å². The number of carbonyl (C=O) groups is 2. The van der Waals surface area contributed by atoms with Gasteiger partial charge < -0.3 is 18.9 Å². The third-order valence-electron chi connectivity index (χ3n) is 5.47. The second-order valence-corrected chi connectivity index (χ2v) is 8.61. The molecule has 1 aliphatic heterocycles.